The van der Waals surface area contributed by atoms with Crippen LogP contribution in [0.5, 0.6) is 0 Å². The van der Waals surface area contributed by atoms with Gasteiger partial charge in [0.25, 0.3) is 0 Å². The first-order valence-corrected chi connectivity index (χ1v) is 7.32. The van der Waals surface area contributed by atoms with Gasteiger partial charge >= 0.3 is 6.09 Å². The number of carbonyl (C=O) groups is 1. The van der Waals surface area contributed by atoms with Gasteiger partial charge in [-0.3, -0.25) is 0 Å². The molecule has 104 valence electrons. The number of nitrogens with zero attached hydrogens (tertiary/aromatic N) is 2. The summed E-state index contributed by atoms with van der Waals surface area (Å²) in [6.07, 6.45) is 1.79. The summed E-state index contributed by atoms with van der Waals surface area (Å²) >= 11 is 3.46. The van der Waals surface area contributed by atoms with Crippen LogP contribution in [0.25, 0.3) is 0 Å². The van der Waals surface area contributed by atoms with Gasteiger partial charge in [0.05, 0.1) is 6.54 Å². The molecule has 2 aromatic rings. The summed E-state index contributed by atoms with van der Waals surface area (Å²) < 4.78 is 8.56. The SMILES string of the molecule is O=C(OCc1ccccc1)N1CCn2cc(Br)cc2C1. The monoisotopic (exact) mass is 334 g/mol. The standard InChI is InChI=1S/C15H15BrN2O2/c16-13-8-14-10-18(7-6-17(14)9-13)15(19)20-11-12-4-2-1-3-5-12/h1-5,8-9H,6-7,10-11H2. The number of benzene rings is 1. The van der Waals surface area contributed by atoms with Gasteiger partial charge in [-0.1, -0.05) is 30.3 Å². The summed E-state index contributed by atoms with van der Waals surface area (Å²) in [5, 5.41) is 0. The number of hydrogen-bond acceptors (Lipinski definition) is 2. The third-order valence-electron chi connectivity index (χ3n) is 3.38. The highest BCUT2D eigenvalue weighted by molar-refractivity contribution is 9.10. The van der Waals surface area contributed by atoms with E-state index in [1.54, 1.807) is 4.90 Å². The van der Waals surface area contributed by atoms with Crippen molar-refractivity contribution in [3.05, 3.63) is 58.3 Å². The number of rotatable bonds is 2. The van der Waals surface area contributed by atoms with Gasteiger partial charge in [0.15, 0.2) is 0 Å². The van der Waals surface area contributed by atoms with Gasteiger partial charge in [-0.05, 0) is 27.6 Å². The third-order valence-corrected chi connectivity index (χ3v) is 3.81. The maximum absolute atomic E-state index is 12.1. The number of carbonyl (C=O) groups excluding carboxylic acids is 1. The molecular formula is C15H15BrN2O2. The predicted molar refractivity (Wildman–Crippen MR) is 79.2 cm³/mol. The van der Waals surface area contributed by atoms with Crippen LogP contribution in [0.2, 0.25) is 0 Å². The first-order chi connectivity index (χ1) is 9.72. The first-order valence-electron chi connectivity index (χ1n) is 6.52. The van der Waals surface area contributed by atoms with Crippen molar-refractivity contribution >= 4 is 22.0 Å². The van der Waals surface area contributed by atoms with Crippen LogP contribution in [-0.2, 0) is 24.4 Å². The molecule has 0 unspecified atom stereocenters. The maximum atomic E-state index is 12.1. The Kier molecular flexibility index (Phi) is 3.78. The van der Waals surface area contributed by atoms with Gasteiger partial charge < -0.3 is 14.2 Å². The molecule has 0 saturated carbocycles. The molecule has 0 spiro atoms. The molecule has 0 N–H and O–H groups in total. The maximum Gasteiger partial charge on any atom is 0.410 e. The third kappa shape index (κ3) is 2.88. The van der Waals surface area contributed by atoms with Crippen molar-refractivity contribution in [2.24, 2.45) is 0 Å². The molecule has 20 heavy (non-hydrogen) atoms. The molecule has 5 heteroatoms. The molecule has 3 rings (SSSR count). The molecule has 0 fully saturated rings. The van der Waals surface area contributed by atoms with Crippen molar-refractivity contribution in [2.75, 3.05) is 6.54 Å². The van der Waals surface area contributed by atoms with Gasteiger partial charge in [0.2, 0.25) is 0 Å². The molecule has 2 heterocycles. The smallest absolute Gasteiger partial charge is 0.410 e. The van der Waals surface area contributed by atoms with Crippen LogP contribution < -0.4 is 0 Å². The highest BCUT2D eigenvalue weighted by Gasteiger charge is 2.22. The van der Waals surface area contributed by atoms with E-state index in [4.69, 9.17) is 4.74 Å². The Balaban J connectivity index is 1.59. The molecule has 1 aromatic carbocycles. The van der Waals surface area contributed by atoms with Crippen LogP contribution in [0.15, 0.2) is 47.1 Å². The Labute approximate surface area is 126 Å². The predicted octanol–water partition coefficient (Wildman–Crippen LogP) is 3.40. The summed E-state index contributed by atoms with van der Waals surface area (Å²) in [7, 11) is 0. The molecule has 0 bridgehead atoms. The van der Waals surface area contributed by atoms with Crippen LogP contribution in [0.4, 0.5) is 4.79 Å². The van der Waals surface area contributed by atoms with Crippen LogP contribution >= 0.6 is 15.9 Å². The molecule has 1 aliphatic rings. The fourth-order valence-corrected chi connectivity index (χ4v) is 2.84. The van der Waals surface area contributed by atoms with Gasteiger partial charge in [0, 0.05) is 29.5 Å². The molecule has 1 amide bonds. The number of aromatic nitrogens is 1. The van der Waals surface area contributed by atoms with Crippen LogP contribution in [0, 0.1) is 0 Å². The van der Waals surface area contributed by atoms with E-state index in [2.05, 4.69) is 20.5 Å². The number of ether oxygens (including phenoxy) is 1. The fourth-order valence-electron chi connectivity index (χ4n) is 2.33. The lowest BCUT2D eigenvalue weighted by Gasteiger charge is -2.27. The average molecular weight is 335 g/mol. The summed E-state index contributed by atoms with van der Waals surface area (Å²) in [5.41, 5.74) is 2.13. The van der Waals surface area contributed by atoms with Crippen molar-refractivity contribution in [3.8, 4) is 0 Å². The Hall–Kier alpha value is -1.75. The van der Waals surface area contributed by atoms with Gasteiger partial charge in [-0.15, -0.1) is 0 Å². The lowest BCUT2D eigenvalue weighted by molar-refractivity contribution is 0.0869. The quantitative estimate of drug-likeness (QED) is 0.843. The lowest BCUT2D eigenvalue weighted by Crippen LogP contribution is -2.38. The van der Waals surface area contributed by atoms with Gasteiger partial charge in [0.1, 0.15) is 6.61 Å². The Morgan fingerprint density at radius 1 is 1.25 bits per heavy atom. The van der Waals surface area contributed by atoms with Crippen molar-refractivity contribution < 1.29 is 9.53 Å². The van der Waals surface area contributed by atoms with E-state index < -0.39 is 0 Å². The van der Waals surface area contributed by atoms with Crippen LogP contribution in [-0.4, -0.2) is 22.1 Å². The second-order valence-corrected chi connectivity index (χ2v) is 5.72. The van der Waals surface area contributed by atoms with Gasteiger partial charge in [-0.25, -0.2) is 4.79 Å². The zero-order valence-electron chi connectivity index (χ0n) is 11.0. The zero-order valence-corrected chi connectivity index (χ0v) is 12.5. The summed E-state index contributed by atoms with van der Waals surface area (Å²) in [6, 6.07) is 11.8. The molecule has 1 aromatic heterocycles. The summed E-state index contributed by atoms with van der Waals surface area (Å²) in [4.78, 5) is 13.8. The number of halogens is 1. The highest BCUT2D eigenvalue weighted by Crippen LogP contribution is 2.20. The number of fused-ring (bicyclic) bond motifs is 1. The van der Waals surface area contributed by atoms with E-state index in [0.29, 0.717) is 19.7 Å². The summed E-state index contributed by atoms with van der Waals surface area (Å²) in [5.74, 6) is 0. The van der Waals surface area contributed by atoms with Crippen molar-refractivity contribution in [1.82, 2.24) is 9.47 Å². The molecule has 1 aliphatic heterocycles. The van der Waals surface area contributed by atoms with E-state index in [9.17, 15) is 4.79 Å². The molecule has 0 saturated heterocycles. The van der Waals surface area contributed by atoms with Crippen LogP contribution in [0.3, 0.4) is 0 Å². The van der Waals surface area contributed by atoms with Crippen molar-refractivity contribution in [3.63, 3.8) is 0 Å². The second kappa shape index (κ2) is 5.71. The minimum Gasteiger partial charge on any atom is -0.445 e. The molecule has 0 radical (unpaired) electrons. The molecule has 0 aliphatic carbocycles. The van der Waals surface area contributed by atoms with E-state index in [1.807, 2.05) is 42.6 Å². The average Bonchev–Trinajstić information content (AvgIpc) is 2.85. The fraction of sp³-hybridized carbons (Fsp3) is 0.267. The second-order valence-electron chi connectivity index (χ2n) is 4.80. The first kappa shape index (κ1) is 13.2. The zero-order chi connectivity index (χ0) is 13.9. The Bertz CT molecular complexity index is 610. The largest absolute Gasteiger partial charge is 0.445 e. The minimum atomic E-state index is -0.252. The topological polar surface area (TPSA) is 34.5 Å². The molecule has 0 atom stereocenters. The van der Waals surface area contributed by atoms with Crippen molar-refractivity contribution in [1.29, 1.82) is 0 Å². The van der Waals surface area contributed by atoms with E-state index >= 15 is 0 Å². The van der Waals surface area contributed by atoms with Crippen LogP contribution in [0.1, 0.15) is 11.3 Å². The molecular weight excluding hydrogens is 320 g/mol. The lowest BCUT2D eigenvalue weighted by atomic mass is 10.2. The van der Waals surface area contributed by atoms with E-state index in [-0.39, 0.29) is 6.09 Å². The number of hydrogen-bond donors (Lipinski definition) is 0. The number of amides is 1. The summed E-state index contributed by atoms with van der Waals surface area (Å²) in [6.45, 7) is 2.41. The minimum absolute atomic E-state index is 0.252. The van der Waals surface area contributed by atoms with Crippen molar-refractivity contribution in [2.45, 2.75) is 19.7 Å². The Morgan fingerprint density at radius 2 is 2.05 bits per heavy atom. The van der Waals surface area contributed by atoms with E-state index in [0.717, 1.165) is 22.3 Å². The normalized spacial score (nSPS) is 13.9. The van der Waals surface area contributed by atoms with E-state index in [1.165, 1.54) is 0 Å². The Morgan fingerprint density at radius 3 is 2.85 bits per heavy atom. The highest BCUT2D eigenvalue weighted by atomic mass is 79.9. The molecule has 4 nitrogen and oxygen atoms in total. The van der Waals surface area contributed by atoms with Gasteiger partial charge in [-0.2, -0.15) is 0 Å².